The molecule has 3 rings (SSSR count). The van der Waals surface area contributed by atoms with Gasteiger partial charge in [-0.2, -0.15) is 0 Å². The largest absolute Gasteiger partial charge is 0.382 e. The van der Waals surface area contributed by atoms with Crippen LogP contribution in [0.5, 0.6) is 0 Å². The SMILES string of the molecule is Nc1nc(Nc2ccccc2)sc1C(=O)C1CCCCC1. The highest BCUT2D eigenvalue weighted by molar-refractivity contribution is 7.18. The monoisotopic (exact) mass is 301 g/mol. The van der Waals surface area contributed by atoms with Crippen molar-refractivity contribution in [1.82, 2.24) is 4.98 Å². The number of carbonyl (C=O) groups is 1. The number of benzene rings is 1. The summed E-state index contributed by atoms with van der Waals surface area (Å²) in [4.78, 5) is 17.4. The molecule has 0 amide bonds. The summed E-state index contributed by atoms with van der Waals surface area (Å²) >= 11 is 1.36. The van der Waals surface area contributed by atoms with Crippen LogP contribution in [0, 0.1) is 5.92 Å². The number of nitrogens with one attached hydrogen (secondary N) is 1. The van der Waals surface area contributed by atoms with E-state index < -0.39 is 0 Å². The van der Waals surface area contributed by atoms with E-state index in [2.05, 4.69) is 10.3 Å². The van der Waals surface area contributed by atoms with Gasteiger partial charge in [0.2, 0.25) is 0 Å². The normalized spacial score (nSPS) is 15.8. The molecule has 110 valence electrons. The lowest BCUT2D eigenvalue weighted by Gasteiger charge is -2.19. The molecule has 0 saturated heterocycles. The second kappa shape index (κ2) is 6.26. The van der Waals surface area contributed by atoms with E-state index in [0.717, 1.165) is 31.4 Å². The molecule has 0 bridgehead atoms. The molecule has 1 aromatic heterocycles. The zero-order chi connectivity index (χ0) is 14.7. The number of hydrogen-bond acceptors (Lipinski definition) is 5. The van der Waals surface area contributed by atoms with E-state index in [1.54, 1.807) is 0 Å². The average molecular weight is 301 g/mol. The van der Waals surface area contributed by atoms with Crippen LogP contribution in [-0.4, -0.2) is 10.8 Å². The van der Waals surface area contributed by atoms with Gasteiger partial charge in [0.05, 0.1) is 0 Å². The van der Waals surface area contributed by atoms with Crippen LogP contribution in [0.25, 0.3) is 0 Å². The molecule has 0 radical (unpaired) electrons. The van der Waals surface area contributed by atoms with Gasteiger partial charge >= 0.3 is 0 Å². The number of hydrogen-bond donors (Lipinski definition) is 2. The van der Waals surface area contributed by atoms with Crippen molar-refractivity contribution >= 4 is 33.8 Å². The van der Waals surface area contributed by atoms with Gasteiger partial charge in [0.15, 0.2) is 10.9 Å². The topological polar surface area (TPSA) is 68.0 Å². The van der Waals surface area contributed by atoms with E-state index in [0.29, 0.717) is 15.8 Å². The number of thiazole rings is 1. The Morgan fingerprint density at radius 3 is 2.62 bits per heavy atom. The van der Waals surface area contributed by atoms with Gasteiger partial charge in [-0.15, -0.1) is 0 Å². The Hall–Kier alpha value is -1.88. The molecule has 0 atom stereocenters. The van der Waals surface area contributed by atoms with E-state index in [9.17, 15) is 4.79 Å². The van der Waals surface area contributed by atoms with E-state index in [-0.39, 0.29) is 11.7 Å². The van der Waals surface area contributed by atoms with Gasteiger partial charge in [0, 0.05) is 11.6 Å². The summed E-state index contributed by atoms with van der Waals surface area (Å²) in [7, 11) is 0. The molecule has 3 N–H and O–H groups in total. The summed E-state index contributed by atoms with van der Waals surface area (Å²) in [6, 6.07) is 9.78. The van der Waals surface area contributed by atoms with Crippen LogP contribution in [0.3, 0.4) is 0 Å². The molecular formula is C16H19N3OS. The van der Waals surface area contributed by atoms with Gasteiger partial charge in [0.25, 0.3) is 0 Å². The first-order valence-corrected chi connectivity index (χ1v) is 8.18. The Kier molecular flexibility index (Phi) is 4.20. The van der Waals surface area contributed by atoms with Crippen LogP contribution in [0.15, 0.2) is 30.3 Å². The molecule has 1 fully saturated rings. The average Bonchev–Trinajstić information content (AvgIpc) is 2.89. The molecule has 0 spiro atoms. The van der Waals surface area contributed by atoms with Crippen molar-refractivity contribution in [2.75, 3.05) is 11.1 Å². The number of nitrogens with zero attached hydrogens (tertiary/aromatic N) is 1. The lowest BCUT2D eigenvalue weighted by Crippen LogP contribution is -2.17. The molecule has 1 aliphatic carbocycles. The molecule has 1 saturated carbocycles. The van der Waals surface area contributed by atoms with Crippen LogP contribution in [0.4, 0.5) is 16.6 Å². The Balaban J connectivity index is 1.76. The lowest BCUT2D eigenvalue weighted by molar-refractivity contribution is 0.0894. The van der Waals surface area contributed by atoms with Gasteiger partial charge in [0.1, 0.15) is 10.7 Å². The first-order valence-electron chi connectivity index (χ1n) is 7.36. The second-order valence-electron chi connectivity index (χ2n) is 5.42. The zero-order valence-electron chi connectivity index (χ0n) is 11.8. The highest BCUT2D eigenvalue weighted by Crippen LogP contribution is 2.33. The van der Waals surface area contributed by atoms with Crippen molar-refractivity contribution < 1.29 is 4.79 Å². The van der Waals surface area contributed by atoms with E-state index in [1.807, 2.05) is 30.3 Å². The summed E-state index contributed by atoms with van der Waals surface area (Å²) in [6.45, 7) is 0. The summed E-state index contributed by atoms with van der Waals surface area (Å²) in [5.74, 6) is 0.658. The number of rotatable bonds is 4. The third-order valence-corrected chi connectivity index (χ3v) is 4.88. The van der Waals surface area contributed by atoms with Gasteiger partial charge in [-0.3, -0.25) is 4.79 Å². The fourth-order valence-corrected chi connectivity index (χ4v) is 3.68. The first kappa shape index (κ1) is 14.1. The molecular weight excluding hydrogens is 282 g/mol. The van der Waals surface area contributed by atoms with Crippen molar-refractivity contribution in [2.24, 2.45) is 5.92 Å². The summed E-state index contributed by atoms with van der Waals surface area (Å²) < 4.78 is 0. The fourth-order valence-electron chi connectivity index (χ4n) is 2.76. The van der Waals surface area contributed by atoms with Gasteiger partial charge in [-0.05, 0) is 25.0 Å². The molecule has 0 aliphatic heterocycles. The maximum atomic E-state index is 12.5. The minimum Gasteiger partial charge on any atom is -0.382 e. The standard InChI is InChI=1S/C16H19N3OS/c17-15-14(13(20)11-7-3-1-4-8-11)21-16(19-15)18-12-9-5-2-6-10-12/h2,5-6,9-11H,1,3-4,7-8,17H2,(H,18,19). The van der Waals surface area contributed by atoms with Crippen LogP contribution < -0.4 is 11.1 Å². The molecule has 1 aromatic carbocycles. The van der Waals surface area contributed by atoms with E-state index >= 15 is 0 Å². The number of anilines is 3. The predicted molar refractivity (Wildman–Crippen MR) is 87.2 cm³/mol. The van der Waals surface area contributed by atoms with Crippen molar-refractivity contribution in [3.63, 3.8) is 0 Å². The molecule has 5 heteroatoms. The Morgan fingerprint density at radius 1 is 1.19 bits per heavy atom. The molecule has 2 aromatic rings. The predicted octanol–water partition coefficient (Wildman–Crippen LogP) is 4.23. The van der Waals surface area contributed by atoms with Crippen molar-refractivity contribution in [2.45, 2.75) is 32.1 Å². The summed E-state index contributed by atoms with van der Waals surface area (Å²) in [5, 5.41) is 3.88. The number of nitrogen functional groups attached to an aromatic ring is 1. The number of para-hydroxylation sites is 1. The zero-order valence-corrected chi connectivity index (χ0v) is 12.7. The first-order chi connectivity index (χ1) is 10.2. The number of carbonyl (C=O) groups excluding carboxylic acids is 1. The second-order valence-corrected chi connectivity index (χ2v) is 6.42. The highest BCUT2D eigenvalue weighted by Gasteiger charge is 2.26. The van der Waals surface area contributed by atoms with Crippen molar-refractivity contribution in [1.29, 1.82) is 0 Å². The Labute approximate surface area is 128 Å². The van der Waals surface area contributed by atoms with Crippen LogP contribution in [-0.2, 0) is 0 Å². The van der Waals surface area contributed by atoms with Crippen LogP contribution in [0.2, 0.25) is 0 Å². The number of ketones is 1. The van der Waals surface area contributed by atoms with E-state index in [4.69, 9.17) is 5.73 Å². The lowest BCUT2D eigenvalue weighted by atomic mass is 9.86. The maximum absolute atomic E-state index is 12.5. The third-order valence-electron chi connectivity index (χ3n) is 3.88. The molecule has 21 heavy (non-hydrogen) atoms. The smallest absolute Gasteiger partial charge is 0.189 e. The Bertz CT molecular complexity index is 618. The fraction of sp³-hybridized carbons (Fsp3) is 0.375. The van der Waals surface area contributed by atoms with Crippen LogP contribution in [0.1, 0.15) is 41.8 Å². The Morgan fingerprint density at radius 2 is 1.90 bits per heavy atom. The van der Waals surface area contributed by atoms with Gasteiger partial charge in [-0.25, -0.2) is 4.98 Å². The van der Waals surface area contributed by atoms with Crippen molar-refractivity contribution in [3.8, 4) is 0 Å². The number of aromatic nitrogens is 1. The molecule has 1 heterocycles. The quantitative estimate of drug-likeness (QED) is 0.829. The van der Waals surface area contributed by atoms with Crippen LogP contribution >= 0.6 is 11.3 Å². The van der Waals surface area contributed by atoms with E-state index in [1.165, 1.54) is 17.8 Å². The minimum atomic E-state index is 0.131. The van der Waals surface area contributed by atoms with Gasteiger partial charge in [-0.1, -0.05) is 48.8 Å². The van der Waals surface area contributed by atoms with Gasteiger partial charge < -0.3 is 11.1 Å². The number of Topliss-reactive ketones (excluding diaryl/α,β-unsaturated/α-hetero) is 1. The molecule has 1 aliphatic rings. The minimum absolute atomic E-state index is 0.131. The maximum Gasteiger partial charge on any atom is 0.189 e. The molecule has 4 nitrogen and oxygen atoms in total. The summed E-state index contributed by atoms with van der Waals surface area (Å²) in [6.07, 6.45) is 5.49. The third kappa shape index (κ3) is 3.24. The number of nitrogens with two attached hydrogens (primary N) is 1. The summed E-state index contributed by atoms with van der Waals surface area (Å²) in [5.41, 5.74) is 6.89. The van der Waals surface area contributed by atoms with Crippen molar-refractivity contribution in [3.05, 3.63) is 35.2 Å². The highest BCUT2D eigenvalue weighted by atomic mass is 32.1. The molecule has 0 unspecified atom stereocenters.